The maximum atomic E-state index is 13.6. The standard InChI is InChI=1S/C33H43N7O10/c1-5-6-13-30(42)38(21-24-14-16-25(17-15-24)26-10-7-8-11-27(26)33-34-36-37-35-33)32(22(2)3)28(41)18-19-31(43)48-20-9-12-29(50-40(46)47)23(4)49-39(44)45/h7-8,10-11,14-17,22-23,29,32H,5-6,9,12-13,18-21H2,1-4H3,(H,34,35,36,37). The van der Waals surface area contributed by atoms with E-state index in [1.807, 2.05) is 69.3 Å². The predicted octanol–water partition coefficient (Wildman–Crippen LogP) is 4.92. The molecule has 0 bridgehead atoms. The van der Waals surface area contributed by atoms with Crippen molar-refractivity contribution in [1.29, 1.82) is 0 Å². The molecule has 3 atom stereocenters. The number of hydrogen-bond donors (Lipinski definition) is 1. The minimum Gasteiger partial charge on any atom is -0.466 e. The Morgan fingerprint density at radius 3 is 2.18 bits per heavy atom. The number of ether oxygens (including phenoxy) is 1. The number of benzene rings is 2. The van der Waals surface area contributed by atoms with E-state index in [0.717, 1.165) is 28.7 Å². The van der Waals surface area contributed by atoms with Gasteiger partial charge < -0.3 is 19.3 Å². The highest BCUT2D eigenvalue weighted by molar-refractivity contribution is 5.91. The van der Waals surface area contributed by atoms with E-state index in [1.54, 1.807) is 4.90 Å². The van der Waals surface area contributed by atoms with Crippen molar-refractivity contribution in [2.24, 2.45) is 5.92 Å². The summed E-state index contributed by atoms with van der Waals surface area (Å²) in [7, 11) is 0. The molecule has 0 spiro atoms. The number of carbonyl (C=O) groups is 3. The first-order valence-electron chi connectivity index (χ1n) is 16.4. The number of Topliss-reactive ketones (excluding diaryl/α,β-unsaturated/α-hetero) is 1. The maximum Gasteiger partial charge on any atom is 0.306 e. The van der Waals surface area contributed by atoms with Crippen LogP contribution in [0.25, 0.3) is 22.5 Å². The number of aromatic amines is 1. The van der Waals surface area contributed by atoms with Crippen LogP contribution in [0.1, 0.15) is 78.2 Å². The zero-order valence-corrected chi connectivity index (χ0v) is 28.6. The first kappa shape index (κ1) is 39.0. The summed E-state index contributed by atoms with van der Waals surface area (Å²) in [5.74, 6) is -0.882. The van der Waals surface area contributed by atoms with Crippen molar-refractivity contribution in [2.75, 3.05) is 6.61 Å². The van der Waals surface area contributed by atoms with Crippen LogP contribution in [-0.2, 0) is 35.3 Å². The van der Waals surface area contributed by atoms with Gasteiger partial charge in [-0.15, -0.1) is 30.4 Å². The molecule has 0 aliphatic heterocycles. The van der Waals surface area contributed by atoms with E-state index in [2.05, 4.69) is 30.3 Å². The number of ketones is 1. The molecule has 50 heavy (non-hydrogen) atoms. The number of tetrazole rings is 1. The third-order valence-corrected chi connectivity index (χ3v) is 7.96. The van der Waals surface area contributed by atoms with Crippen molar-refractivity contribution in [3.05, 3.63) is 74.3 Å². The van der Waals surface area contributed by atoms with Gasteiger partial charge in [0.1, 0.15) is 12.2 Å². The van der Waals surface area contributed by atoms with Gasteiger partial charge in [0.2, 0.25) is 11.7 Å². The number of unbranched alkanes of at least 4 members (excludes halogenated alkanes) is 1. The molecule has 1 N–H and O–H groups in total. The van der Waals surface area contributed by atoms with E-state index in [-0.39, 0.29) is 62.9 Å². The Bertz CT molecular complexity index is 1570. The molecule has 1 heterocycles. The average Bonchev–Trinajstić information content (AvgIpc) is 3.62. The Hall–Kier alpha value is -5.48. The number of H-pyrrole nitrogens is 1. The fourth-order valence-electron chi connectivity index (χ4n) is 5.51. The highest BCUT2D eigenvalue weighted by Gasteiger charge is 2.32. The highest BCUT2D eigenvalue weighted by atomic mass is 17.0. The molecular formula is C33H43N7O10. The molecule has 3 unspecified atom stereocenters. The van der Waals surface area contributed by atoms with Crippen LogP contribution in [0.3, 0.4) is 0 Å². The molecule has 3 rings (SSSR count). The minimum absolute atomic E-state index is 0.0568. The topological polar surface area (TPSA) is 223 Å². The van der Waals surface area contributed by atoms with Crippen LogP contribution in [0.2, 0.25) is 0 Å². The maximum absolute atomic E-state index is 13.6. The van der Waals surface area contributed by atoms with Crippen LogP contribution in [0.5, 0.6) is 0 Å². The predicted molar refractivity (Wildman–Crippen MR) is 178 cm³/mol. The molecule has 0 saturated heterocycles. The molecular weight excluding hydrogens is 654 g/mol. The Kier molecular flexibility index (Phi) is 15.2. The van der Waals surface area contributed by atoms with Crippen molar-refractivity contribution < 1.29 is 39.0 Å². The number of hydrogen-bond acceptors (Lipinski definition) is 13. The Labute approximate surface area is 288 Å². The summed E-state index contributed by atoms with van der Waals surface area (Å²) < 4.78 is 5.20. The third kappa shape index (κ3) is 11.9. The lowest BCUT2D eigenvalue weighted by Crippen LogP contribution is -2.47. The normalized spacial score (nSPS) is 12.8. The molecule has 17 heteroatoms. The molecule has 0 aliphatic rings. The van der Waals surface area contributed by atoms with Gasteiger partial charge in [0.25, 0.3) is 10.2 Å². The van der Waals surface area contributed by atoms with E-state index in [0.29, 0.717) is 12.2 Å². The molecule has 270 valence electrons. The van der Waals surface area contributed by atoms with Crippen molar-refractivity contribution in [1.82, 2.24) is 25.5 Å². The molecule has 1 amide bonds. The molecule has 0 fully saturated rings. The number of amides is 1. The molecule has 1 aromatic heterocycles. The third-order valence-electron chi connectivity index (χ3n) is 7.96. The quantitative estimate of drug-likeness (QED) is 0.0638. The minimum atomic E-state index is -1.25. The van der Waals surface area contributed by atoms with Gasteiger partial charge in [0.05, 0.1) is 19.1 Å². The summed E-state index contributed by atoms with van der Waals surface area (Å²) in [4.78, 5) is 71.4. The van der Waals surface area contributed by atoms with E-state index in [4.69, 9.17) is 4.74 Å². The zero-order chi connectivity index (χ0) is 36.6. The summed E-state index contributed by atoms with van der Waals surface area (Å²) in [6, 6.07) is 14.6. The molecule has 0 radical (unpaired) electrons. The second-order valence-electron chi connectivity index (χ2n) is 12.0. The first-order valence-corrected chi connectivity index (χ1v) is 16.4. The van der Waals surface area contributed by atoms with Crippen LogP contribution in [0, 0.1) is 26.1 Å². The van der Waals surface area contributed by atoms with Gasteiger partial charge in [-0.2, -0.15) is 5.21 Å². The number of aromatic nitrogens is 4. The smallest absolute Gasteiger partial charge is 0.306 e. The average molecular weight is 698 g/mol. The Morgan fingerprint density at radius 2 is 1.58 bits per heavy atom. The van der Waals surface area contributed by atoms with Crippen molar-refractivity contribution in [3.8, 4) is 22.5 Å². The molecule has 0 aliphatic carbocycles. The van der Waals surface area contributed by atoms with Crippen LogP contribution in [0.4, 0.5) is 0 Å². The summed E-state index contributed by atoms with van der Waals surface area (Å²) in [5.41, 5.74) is 3.44. The summed E-state index contributed by atoms with van der Waals surface area (Å²) >= 11 is 0. The van der Waals surface area contributed by atoms with Gasteiger partial charge in [-0.1, -0.05) is 75.7 Å². The van der Waals surface area contributed by atoms with Gasteiger partial charge in [-0.05, 0) is 54.0 Å². The fraction of sp³-hybridized carbons (Fsp3) is 0.515. The van der Waals surface area contributed by atoms with Crippen LogP contribution in [-0.4, -0.2) is 78.2 Å². The lowest BCUT2D eigenvalue weighted by molar-refractivity contribution is -0.798. The lowest BCUT2D eigenvalue weighted by atomic mass is 9.93. The zero-order valence-electron chi connectivity index (χ0n) is 28.6. The molecule has 0 saturated carbocycles. The van der Waals surface area contributed by atoms with E-state index in [9.17, 15) is 34.6 Å². The second-order valence-corrected chi connectivity index (χ2v) is 12.0. The van der Waals surface area contributed by atoms with Gasteiger partial charge in [0, 0.05) is 24.9 Å². The highest BCUT2D eigenvalue weighted by Crippen LogP contribution is 2.30. The lowest BCUT2D eigenvalue weighted by Gasteiger charge is -2.34. The summed E-state index contributed by atoms with van der Waals surface area (Å²) in [6.45, 7) is 6.99. The number of nitrogens with one attached hydrogen (secondary N) is 1. The van der Waals surface area contributed by atoms with Crippen LogP contribution < -0.4 is 0 Å². The fourth-order valence-corrected chi connectivity index (χ4v) is 5.51. The SMILES string of the molecule is CCCCC(=O)N(Cc1ccc(-c2ccccc2-c2nn[nH]n2)cc1)C(C(=O)CCC(=O)OCCCC(O[N+](=O)[O-])C(C)O[N+](=O)[O-])C(C)C. The van der Waals surface area contributed by atoms with Crippen molar-refractivity contribution in [3.63, 3.8) is 0 Å². The number of carbonyl (C=O) groups excluding carboxylic acids is 3. The largest absolute Gasteiger partial charge is 0.466 e. The molecule has 2 aromatic carbocycles. The Morgan fingerprint density at radius 1 is 0.900 bits per heavy atom. The number of esters is 1. The second kappa shape index (κ2) is 19.5. The molecule has 17 nitrogen and oxygen atoms in total. The van der Waals surface area contributed by atoms with Crippen molar-refractivity contribution in [2.45, 2.75) is 97.4 Å². The summed E-state index contributed by atoms with van der Waals surface area (Å²) in [5, 5.41) is 33.5. The first-order chi connectivity index (χ1) is 23.9. The molecule has 3 aromatic rings. The van der Waals surface area contributed by atoms with E-state index >= 15 is 0 Å². The number of nitrogens with zero attached hydrogens (tertiary/aromatic N) is 6. The van der Waals surface area contributed by atoms with E-state index in [1.165, 1.54) is 6.92 Å². The van der Waals surface area contributed by atoms with Gasteiger partial charge in [-0.25, -0.2) is 0 Å². The van der Waals surface area contributed by atoms with Crippen LogP contribution >= 0.6 is 0 Å². The van der Waals surface area contributed by atoms with Gasteiger partial charge in [0.15, 0.2) is 5.78 Å². The van der Waals surface area contributed by atoms with Crippen molar-refractivity contribution >= 4 is 17.7 Å². The number of rotatable bonds is 22. The van der Waals surface area contributed by atoms with Gasteiger partial charge >= 0.3 is 5.97 Å². The van der Waals surface area contributed by atoms with Gasteiger partial charge in [-0.3, -0.25) is 14.4 Å². The monoisotopic (exact) mass is 697 g/mol. The summed E-state index contributed by atoms with van der Waals surface area (Å²) in [6.07, 6.45) is -1.08. The van der Waals surface area contributed by atoms with Crippen LogP contribution in [0.15, 0.2) is 48.5 Å². The van der Waals surface area contributed by atoms with E-state index < -0.39 is 34.4 Å². The Balaban J connectivity index is 1.65.